The second kappa shape index (κ2) is 6.39. The van der Waals surface area contributed by atoms with Crippen LogP contribution in [0.15, 0.2) is 48.7 Å². The number of hydrogen-bond acceptors (Lipinski definition) is 3. The molecule has 0 radical (unpaired) electrons. The van der Waals surface area contributed by atoms with Gasteiger partial charge >= 0.3 is 0 Å². The van der Waals surface area contributed by atoms with Crippen molar-refractivity contribution < 1.29 is 4.79 Å². The molecule has 2 heterocycles. The maximum Gasteiger partial charge on any atom is 0.251 e. The van der Waals surface area contributed by atoms with Crippen LogP contribution in [0.25, 0.3) is 0 Å². The van der Waals surface area contributed by atoms with Gasteiger partial charge in [0, 0.05) is 31.4 Å². The Bertz CT molecular complexity index is 589. The molecule has 0 saturated carbocycles. The van der Waals surface area contributed by atoms with E-state index in [0.717, 1.165) is 24.5 Å². The van der Waals surface area contributed by atoms with Crippen molar-refractivity contribution in [1.29, 1.82) is 0 Å². The van der Waals surface area contributed by atoms with Gasteiger partial charge in [-0.15, -0.1) is 0 Å². The van der Waals surface area contributed by atoms with Gasteiger partial charge in [0.2, 0.25) is 0 Å². The summed E-state index contributed by atoms with van der Waals surface area (Å²) in [5, 5.41) is 2.91. The highest BCUT2D eigenvalue weighted by Gasteiger charge is 2.13. The first kappa shape index (κ1) is 13.6. The minimum atomic E-state index is -0.0563. The lowest BCUT2D eigenvalue weighted by Crippen LogP contribution is -2.23. The molecule has 1 N–H and O–H groups in total. The fraction of sp³-hybridized carbons (Fsp3) is 0.294. The third-order valence-corrected chi connectivity index (χ3v) is 3.73. The van der Waals surface area contributed by atoms with Crippen molar-refractivity contribution in [3.63, 3.8) is 0 Å². The molecule has 1 aromatic carbocycles. The Kier molecular flexibility index (Phi) is 4.15. The number of rotatable bonds is 4. The fourth-order valence-electron chi connectivity index (χ4n) is 2.53. The standard InChI is InChI=1S/C17H19N3O/c21-17(15-6-2-1-3-7-15)19-13-14-8-9-16(18-12-14)20-10-4-5-11-20/h1-3,6-9,12H,4-5,10-11,13H2,(H,19,21). The summed E-state index contributed by atoms with van der Waals surface area (Å²) >= 11 is 0. The zero-order chi connectivity index (χ0) is 14.5. The number of benzene rings is 1. The SMILES string of the molecule is O=C(NCc1ccc(N2CCCC2)nc1)c1ccccc1. The van der Waals surface area contributed by atoms with Gasteiger partial charge in [-0.3, -0.25) is 4.79 Å². The molecule has 3 rings (SSSR count). The molecule has 108 valence electrons. The van der Waals surface area contributed by atoms with Gasteiger partial charge in [-0.05, 0) is 36.6 Å². The minimum Gasteiger partial charge on any atom is -0.357 e. The zero-order valence-corrected chi connectivity index (χ0v) is 12.0. The van der Waals surface area contributed by atoms with E-state index < -0.39 is 0 Å². The van der Waals surface area contributed by atoms with Gasteiger partial charge in [0.25, 0.3) is 5.91 Å². The first-order valence-electron chi connectivity index (χ1n) is 7.36. The lowest BCUT2D eigenvalue weighted by atomic mass is 10.2. The number of nitrogens with one attached hydrogen (secondary N) is 1. The molecule has 0 unspecified atom stereocenters. The zero-order valence-electron chi connectivity index (χ0n) is 12.0. The van der Waals surface area contributed by atoms with Gasteiger partial charge in [0.15, 0.2) is 0 Å². The Labute approximate surface area is 124 Å². The van der Waals surface area contributed by atoms with E-state index in [0.29, 0.717) is 12.1 Å². The summed E-state index contributed by atoms with van der Waals surface area (Å²) < 4.78 is 0. The van der Waals surface area contributed by atoms with Gasteiger partial charge in [-0.1, -0.05) is 24.3 Å². The highest BCUT2D eigenvalue weighted by molar-refractivity contribution is 5.94. The maximum atomic E-state index is 12.0. The summed E-state index contributed by atoms with van der Waals surface area (Å²) in [6.45, 7) is 2.69. The van der Waals surface area contributed by atoms with Crippen molar-refractivity contribution in [1.82, 2.24) is 10.3 Å². The van der Waals surface area contributed by atoms with Crippen LogP contribution in [0.5, 0.6) is 0 Å². The average molecular weight is 281 g/mol. The predicted molar refractivity (Wildman–Crippen MR) is 83.3 cm³/mol. The Balaban J connectivity index is 1.57. The topological polar surface area (TPSA) is 45.2 Å². The molecule has 1 saturated heterocycles. The number of carbonyl (C=O) groups excluding carboxylic acids is 1. The molecule has 1 aliphatic heterocycles. The van der Waals surface area contributed by atoms with E-state index in [1.54, 1.807) is 0 Å². The molecule has 0 aliphatic carbocycles. The quantitative estimate of drug-likeness (QED) is 0.937. The van der Waals surface area contributed by atoms with E-state index in [2.05, 4.69) is 15.2 Å². The number of carbonyl (C=O) groups is 1. The fourth-order valence-corrected chi connectivity index (χ4v) is 2.53. The molecule has 0 bridgehead atoms. The monoisotopic (exact) mass is 281 g/mol. The number of aromatic nitrogens is 1. The van der Waals surface area contributed by atoms with Crippen LogP contribution >= 0.6 is 0 Å². The van der Waals surface area contributed by atoms with Crippen LogP contribution in [0.4, 0.5) is 5.82 Å². The largest absolute Gasteiger partial charge is 0.357 e. The first-order valence-corrected chi connectivity index (χ1v) is 7.36. The molecule has 0 atom stereocenters. The van der Waals surface area contributed by atoms with E-state index in [9.17, 15) is 4.79 Å². The minimum absolute atomic E-state index is 0.0563. The molecule has 4 heteroatoms. The van der Waals surface area contributed by atoms with Crippen molar-refractivity contribution in [2.45, 2.75) is 19.4 Å². The average Bonchev–Trinajstić information content (AvgIpc) is 3.08. The van der Waals surface area contributed by atoms with Gasteiger partial charge in [-0.2, -0.15) is 0 Å². The second-order valence-electron chi connectivity index (χ2n) is 5.27. The highest BCUT2D eigenvalue weighted by atomic mass is 16.1. The van der Waals surface area contributed by atoms with Crippen molar-refractivity contribution in [2.24, 2.45) is 0 Å². The highest BCUT2D eigenvalue weighted by Crippen LogP contribution is 2.17. The molecular weight excluding hydrogens is 262 g/mol. The lowest BCUT2D eigenvalue weighted by Gasteiger charge is -2.16. The van der Waals surface area contributed by atoms with E-state index >= 15 is 0 Å². The predicted octanol–water partition coefficient (Wildman–Crippen LogP) is 2.61. The molecule has 2 aromatic rings. The first-order chi connectivity index (χ1) is 10.3. The van der Waals surface area contributed by atoms with Gasteiger partial charge in [0.1, 0.15) is 5.82 Å². The Morgan fingerprint density at radius 2 is 1.86 bits per heavy atom. The lowest BCUT2D eigenvalue weighted by molar-refractivity contribution is 0.0951. The van der Waals surface area contributed by atoms with Crippen molar-refractivity contribution >= 4 is 11.7 Å². The van der Waals surface area contributed by atoms with E-state index in [1.807, 2.05) is 48.7 Å². The van der Waals surface area contributed by atoms with Crippen LogP contribution < -0.4 is 10.2 Å². The van der Waals surface area contributed by atoms with Crippen LogP contribution in [0.2, 0.25) is 0 Å². The third-order valence-electron chi connectivity index (χ3n) is 3.73. The summed E-state index contributed by atoms with van der Waals surface area (Å²) in [4.78, 5) is 18.7. The van der Waals surface area contributed by atoms with Crippen LogP contribution in [-0.2, 0) is 6.54 Å². The van der Waals surface area contributed by atoms with Crippen molar-refractivity contribution in [2.75, 3.05) is 18.0 Å². The summed E-state index contributed by atoms with van der Waals surface area (Å²) in [6, 6.07) is 13.3. The molecule has 1 aliphatic rings. The Morgan fingerprint density at radius 3 is 2.52 bits per heavy atom. The van der Waals surface area contributed by atoms with Gasteiger partial charge in [0.05, 0.1) is 0 Å². The van der Waals surface area contributed by atoms with Gasteiger partial charge in [-0.25, -0.2) is 4.98 Å². The van der Waals surface area contributed by atoms with Crippen molar-refractivity contribution in [3.05, 3.63) is 59.8 Å². The van der Waals surface area contributed by atoms with Crippen LogP contribution in [0, 0.1) is 0 Å². The summed E-state index contributed by atoms with van der Waals surface area (Å²) in [7, 11) is 0. The number of amides is 1. The summed E-state index contributed by atoms with van der Waals surface area (Å²) in [5.41, 5.74) is 1.70. The molecule has 1 amide bonds. The molecule has 21 heavy (non-hydrogen) atoms. The van der Waals surface area contributed by atoms with E-state index in [1.165, 1.54) is 12.8 Å². The number of pyridine rings is 1. The second-order valence-corrected chi connectivity index (χ2v) is 5.27. The molecule has 0 spiro atoms. The summed E-state index contributed by atoms with van der Waals surface area (Å²) in [6.07, 6.45) is 4.34. The molecule has 1 fully saturated rings. The Morgan fingerprint density at radius 1 is 1.10 bits per heavy atom. The van der Waals surface area contributed by atoms with Crippen LogP contribution in [-0.4, -0.2) is 24.0 Å². The van der Waals surface area contributed by atoms with Crippen LogP contribution in [0.3, 0.4) is 0 Å². The molecular formula is C17H19N3O. The van der Waals surface area contributed by atoms with Crippen LogP contribution in [0.1, 0.15) is 28.8 Å². The van der Waals surface area contributed by atoms with Crippen molar-refractivity contribution in [3.8, 4) is 0 Å². The number of anilines is 1. The maximum absolute atomic E-state index is 12.0. The van der Waals surface area contributed by atoms with E-state index in [-0.39, 0.29) is 5.91 Å². The normalized spacial score (nSPS) is 14.2. The smallest absolute Gasteiger partial charge is 0.251 e. The summed E-state index contributed by atoms with van der Waals surface area (Å²) in [5.74, 6) is 0.977. The number of hydrogen-bond donors (Lipinski definition) is 1. The molecule has 1 aromatic heterocycles. The third kappa shape index (κ3) is 3.40. The number of nitrogens with zero attached hydrogens (tertiary/aromatic N) is 2. The molecule has 4 nitrogen and oxygen atoms in total. The Hall–Kier alpha value is -2.36. The van der Waals surface area contributed by atoms with Gasteiger partial charge < -0.3 is 10.2 Å². The van der Waals surface area contributed by atoms with E-state index in [4.69, 9.17) is 0 Å².